The highest BCUT2D eigenvalue weighted by Crippen LogP contribution is 2.44. The maximum Gasteiger partial charge on any atom is 0.237 e. The molecule has 1 aliphatic carbocycles. The van der Waals surface area contributed by atoms with E-state index in [1.165, 1.54) is 10.4 Å². The number of halogens is 1. The van der Waals surface area contributed by atoms with Crippen molar-refractivity contribution in [3.63, 3.8) is 0 Å². The van der Waals surface area contributed by atoms with E-state index in [1.807, 2.05) is 36.4 Å². The van der Waals surface area contributed by atoms with Crippen molar-refractivity contribution >= 4 is 10.0 Å². The van der Waals surface area contributed by atoms with Crippen molar-refractivity contribution in [3.05, 3.63) is 82.8 Å². The van der Waals surface area contributed by atoms with E-state index in [1.54, 1.807) is 6.07 Å². The first-order chi connectivity index (χ1) is 17.5. The fraction of sp³-hybridized carbons (Fsp3) is 0.481. The molecule has 2 aliphatic heterocycles. The third kappa shape index (κ3) is 4.27. The standard InChI is InChI=1S/C27H30FN3O4S/c28-23-17-22(27(12-15-34-16-13-27)26-29-25(30-35-26)20-8-9-20)11-10-21(23)18-31-14-4-7-24(36(31,32)33)19-5-2-1-3-6-19/h1-3,5-6,10-11,17,20,24H,4,7-9,12-16,18H2/t24-/m1/s1. The Balaban J connectivity index is 1.28. The van der Waals surface area contributed by atoms with Gasteiger partial charge in [-0.1, -0.05) is 47.6 Å². The quantitative estimate of drug-likeness (QED) is 0.470. The molecule has 0 radical (unpaired) electrons. The van der Waals surface area contributed by atoms with Gasteiger partial charge in [-0.05, 0) is 55.7 Å². The van der Waals surface area contributed by atoms with E-state index < -0.39 is 26.5 Å². The minimum atomic E-state index is -3.60. The molecule has 6 rings (SSSR count). The first kappa shape index (κ1) is 23.8. The summed E-state index contributed by atoms with van der Waals surface area (Å²) in [4.78, 5) is 4.70. The van der Waals surface area contributed by atoms with Crippen LogP contribution in [0, 0.1) is 5.82 Å². The smallest absolute Gasteiger partial charge is 0.237 e. The van der Waals surface area contributed by atoms with Crippen molar-refractivity contribution in [1.29, 1.82) is 0 Å². The predicted octanol–water partition coefficient (Wildman–Crippen LogP) is 4.85. The van der Waals surface area contributed by atoms with Gasteiger partial charge in [-0.25, -0.2) is 12.8 Å². The Morgan fingerprint density at radius 2 is 1.83 bits per heavy atom. The third-order valence-electron chi connectivity index (χ3n) is 7.86. The highest BCUT2D eigenvalue weighted by Gasteiger charge is 2.43. The Labute approximate surface area is 210 Å². The Bertz CT molecular complexity index is 1330. The summed E-state index contributed by atoms with van der Waals surface area (Å²) in [5.74, 6) is 1.20. The molecule has 190 valence electrons. The van der Waals surface area contributed by atoms with Gasteiger partial charge in [-0.15, -0.1) is 0 Å². The van der Waals surface area contributed by atoms with Crippen LogP contribution in [0.15, 0.2) is 53.1 Å². The lowest BCUT2D eigenvalue weighted by Crippen LogP contribution is -2.39. The van der Waals surface area contributed by atoms with Crippen LogP contribution in [0.5, 0.6) is 0 Å². The highest BCUT2D eigenvalue weighted by atomic mass is 32.2. The second kappa shape index (κ2) is 9.36. The van der Waals surface area contributed by atoms with Gasteiger partial charge in [0.05, 0.1) is 5.41 Å². The normalized spacial score (nSPS) is 24.0. The molecular formula is C27H30FN3O4S. The Morgan fingerprint density at radius 3 is 2.56 bits per heavy atom. The van der Waals surface area contributed by atoms with Gasteiger partial charge < -0.3 is 9.26 Å². The van der Waals surface area contributed by atoms with Crippen LogP contribution in [0.4, 0.5) is 4.39 Å². The molecule has 9 heteroatoms. The molecule has 3 heterocycles. The number of rotatable bonds is 6. The van der Waals surface area contributed by atoms with Crippen LogP contribution in [0.25, 0.3) is 0 Å². The van der Waals surface area contributed by atoms with Gasteiger partial charge in [-0.3, -0.25) is 0 Å². The van der Waals surface area contributed by atoms with Crippen LogP contribution < -0.4 is 0 Å². The molecule has 0 bridgehead atoms. The number of benzene rings is 2. The molecule has 7 nitrogen and oxygen atoms in total. The Kier molecular flexibility index (Phi) is 6.17. The minimum Gasteiger partial charge on any atom is -0.381 e. The number of hydrogen-bond acceptors (Lipinski definition) is 6. The van der Waals surface area contributed by atoms with Gasteiger partial charge >= 0.3 is 0 Å². The third-order valence-corrected chi connectivity index (χ3v) is 10.1. The number of hydrogen-bond donors (Lipinski definition) is 0. The predicted molar refractivity (Wildman–Crippen MR) is 131 cm³/mol. The molecule has 3 fully saturated rings. The average Bonchev–Trinajstić information content (AvgIpc) is 3.63. The fourth-order valence-electron chi connectivity index (χ4n) is 5.53. The zero-order valence-electron chi connectivity index (χ0n) is 20.1. The second-order valence-corrected chi connectivity index (χ2v) is 12.3. The minimum absolute atomic E-state index is 0.0142. The number of aromatic nitrogens is 2. The molecule has 1 atom stereocenters. The van der Waals surface area contributed by atoms with Crippen molar-refractivity contribution in [1.82, 2.24) is 14.4 Å². The molecule has 1 aromatic heterocycles. The molecular weight excluding hydrogens is 481 g/mol. The number of ether oxygens (including phenoxy) is 1. The van der Waals surface area contributed by atoms with Gasteiger partial charge in [-0.2, -0.15) is 9.29 Å². The summed E-state index contributed by atoms with van der Waals surface area (Å²) in [6.45, 7) is 1.45. The van der Waals surface area contributed by atoms with Gasteiger partial charge in [0.25, 0.3) is 0 Å². The fourth-order valence-corrected chi connectivity index (χ4v) is 7.56. The maximum absolute atomic E-state index is 15.5. The van der Waals surface area contributed by atoms with Crippen LogP contribution in [0.1, 0.15) is 78.1 Å². The van der Waals surface area contributed by atoms with Crippen molar-refractivity contribution < 1.29 is 22.1 Å². The van der Waals surface area contributed by atoms with Crippen LogP contribution in [0.2, 0.25) is 0 Å². The topological polar surface area (TPSA) is 85.5 Å². The molecule has 3 aliphatic rings. The van der Waals surface area contributed by atoms with E-state index in [0.717, 1.165) is 36.2 Å². The second-order valence-electron chi connectivity index (χ2n) is 10.2. The molecule has 36 heavy (non-hydrogen) atoms. The van der Waals surface area contributed by atoms with Crippen LogP contribution in [0.3, 0.4) is 0 Å². The van der Waals surface area contributed by atoms with E-state index >= 15 is 4.39 Å². The summed E-state index contributed by atoms with van der Waals surface area (Å²) in [6.07, 6.45) is 4.70. The lowest BCUT2D eigenvalue weighted by atomic mass is 9.73. The summed E-state index contributed by atoms with van der Waals surface area (Å²) in [6, 6.07) is 14.4. The molecule has 0 unspecified atom stereocenters. The van der Waals surface area contributed by atoms with Gasteiger partial charge in [0.2, 0.25) is 15.9 Å². The lowest BCUT2D eigenvalue weighted by Gasteiger charge is -2.35. The van der Waals surface area contributed by atoms with E-state index in [4.69, 9.17) is 14.2 Å². The summed E-state index contributed by atoms with van der Waals surface area (Å²) in [7, 11) is -3.60. The number of sulfonamides is 1. The van der Waals surface area contributed by atoms with Crippen LogP contribution in [-0.2, 0) is 26.7 Å². The number of nitrogens with zero attached hydrogens (tertiary/aromatic N) is 3. The first-order valence-electron chi connectivity index (χ1n) is 12.7. The van der Waals surface area contributed by atoms with Crippen molar-refractivity contribution in [3.8, 4) is 0 Å². The van der Waals surface area contributed by atoms with Crippen LogP contribution in [-0.4, -0.2) is 42.6 Å². The molecule has 2 aromatic carbocycles. The Morgan fingerprint density at radius 1 is 1.06 bits per heavy atom. The van der Waals surface area contributed by atoms with Crippen molar-refractivity contribution in [2.75, 3.05) is 19.8 Å². The molecule has 3 aromatic rings. The Hall–Kier alpha value is -2.62. The molecule has 0 amide bonds. The summed E-state index contributed by atoms with van der Waals surface area (Å²) < 4.78 is 55.1. The summed E-state index contributed by atoms with van der Waals surface area (Å²) >= 11 is 0. The van der Waals surface area contributed by atoms with E-state index in [-0.39, 0.29) is 6.54 Å². The maximum atomic E-state index is 15.5. The molecule has 0 N–H and O–H groups in total. The zero-order valence-corrected chi connectivity index (χ0v) is 20.9. The largest absolute Gasteiger partial charge is 0.381 e. The zero-order chi connectivity index (χ0) is 24.8. The summed E-state index contributed by atoms with van der Waals surface area (Å²) in [5, 5.41) is 3.60. The molecule has 0 spiro atoms. The SMILES string of the molecule is O=S1(=O)[C@@H](c2ccccc2)CCCN1Cc1ccc(C2(c3nc(C4CC4)no3)CCOCC2)cc1F. The molecule has 1 saturated carbocycles. The first-order valence-corrected chi connectivity index (χ1v) is 14.2. The van der Waals surface area contributed by atoms with Gasteiger partial charge in [0.15, 0.2) is 5.82 Å². The van der Waals surface area contributed by atoms with Crippen molar-refractivity contribution in [2.45, 2.75) is 61.7 Å². The molecule has 2 saturated heterocycles. The van der Waals surface area contributed by atoms with Gasteiger partial charge in [0, 0.05) is 37.8 Å². The monoisotopic (exact) mass is 511 g/mol. The van der Waals surface area contributed by atoms with Crippen LogP contribution >= 0.6 is 0 Å². The van der Waals surface area contributed by atoms with E-state index in [0.29, 0.717) is 56.4 Å². The summed E-state index contributed by atoms with van der Waals surface area (Å²) in [5.41, 5.74) is 1.31. The van der Waals surface area contributed by atoms with Crippen molar-refractivity contribution in [2.24, 2.45) is 0 Å². The van der Waals surface area contributed by atoms with Gasteiger partial charge in [0.1, 0.15) is 11.1 Å². The lowest BCUT2D eigenvalue weighted by molar-refractivity contribution is 0.0522. The van der Waals surface area contributed by atoms with E-state index in [9.17, 15) is 8.42 Å². The highest BCUT2D eigenvalue weighted by molar-refractivity contribution is 7.89. The average molecular weight is 512 g/mol. The van der Waals surface area contributed by atoms with E-state index in [2.05, 4.69) is 5.16 Å².